The van der Waals surface area contributed by atoms with Crippen molar-refractivity contribution < 1.29 is 0 Å². The van der Waals surface area contributed by atoms with Crippen LogP contribution in [0.4, 0.5) is 5.69 Å². The molecule has 3 aliphatic rings. The molecule has 4 rings (SSSR count). The molecule has 0 saturated carbocycles. The van der Waals surface area contributed by atoms with Crippen LogP contribution in [0.2, 0.25) is 0 Å². The highest BCUT2D eigenvalue weighted by Gasteiger charge is 2.31. The van der Waals surface area contributed by atoms with Crippen molar-refractivity contribution in [3.05, 3.63) is 30.3 Å². The highest BCUT2D eigenvalue weighted by Crippen LogP contribution is 2.26. The number of piperidine rings is 1. The standard InChI is InChI=1S/C20H31N3S2/c1-2-5-18(6-3-1)21-9-11-22(12-10-21)19-7-4-8-23(15-19)20-16-24-13-14-25-17-20/h1-3,5-6,19-20H,4,7-17H2/t19-/m0/s1. The Bertz CT molecular complexity index is 511. The molecule has 138 valence electrons. The largest absolute Gasteiger partial charge is 0.369 e. The summed E-state index contributed by atoms with van der Waals surface area (Å²) in [5, 5.41) is 0. The van der Waals surface area contributed by atoms with E-state index in [0.717, 1.165) is 12.1 Å². The maximum Gasteiger partial charge on any atom is 0.0367 e. The first-order chi connectivity index (χ1) is 12.4. The smallest absolute Gasteiger partial charge is 0.0367 e. The fraction of sp³-hybridized carbons (Fsp3) is 0.700. The Hall–Kier alpha value is -0.360. The maximum absolute atomic E-state index is 2.82. The molecule has 3 nitrogen and oxygen atoms in total. The summed E-state index contributed by atoms with van der Waals surface area (Å²) in [5.74, 6) is 5.39. The Morgan fingerprint density at radius 1 is 0.760 bits per heavy atom. The van der Waals surface area contributed by atoms with Gasteiger partial charge < -0.3 is 4.90 Å². The molecule has 0 unspecified atom stereocenters. The number of rotatable bonds is 3. The monoisotopic (exact) mass is 377 g/mol. The third-order valence-electron chi connectivity index (χ3n) is 5.89. The van der Waals surface area contributed by atoms with Gasteiger partial charge in [-0.15, -0.1) is 0 Å². The number of piperazine rings is 1. The quantitative estimate of drug-likeness (QED) is 0.798. The van der Waals surface area contributed by atoms with Crippen molar-refractivity contribution in [1.82, 2.24) is 9.80 Å². The zero-order valence-corrected chi connectivity index (χ0v) is 16.8. The van der Waals surface area contributed by atoms with Crippen molar-refractivity contribution in [2.45, 2.75) is 24.9 Å². The lowest BCUT2D eigenvalue weighted by atomic mass is 10.0. The summed E-state index contributed by atoms with van der Waals surface area (Å²) in [6.07, 6.45) is 2.78. The molecule has 3 saturated heterocycles. The number of hydrogen-bond donors (Lipinski definition) is 0. The SMILES string of the molecule is c1ccc(N2CCN([C@H]3CCCN(C4CSCCSC4)C3)CC2)cc1. The Labute approximate surface area is 161 Å². The van der Waals surface area contributed by atoms with Crippen molar-refractivity contribution >= 4 is 29.2 Å². The average molecular weight is 378 g/mol. The molecule has 0 aliphatic carbocycles. The van der Waals surface area contributed by atoms with Crippen LogP contribution in [-0.2, 0) is 0 Å². The minimum Gasteiger partial charge on any atom is -0.369 e. The van der Waals surface area contributed by atoms with Crippen LogP contribution in [0, 0.1) is 0 Å². The summed E-state index contributed by atoms with van der Waals surface area (Å²) in [5.41, 5.74) is 1.39. The number of benzene rings is 1. The molecular weight excluding hydrogens is 346 g/mol. The molecule has 0 aromatic heterocycles. The molecular formula is C20H31N3S2. The van der Waals surface area contributed by atoms with Gasteiger partial charge in [0.1, 0.15) is 0 Å². The molecule has 1 aromatic rings. The first-order valence-corrected chi connectivity index (χ1v) is 12.1. The van der Waals surface area contributed by atoms with Crippen LogP contribution in [0.1, 0.15) is 12.8 Å². The fourth-order valence-electron chi connectivity index (χ4n) is 4.41. The van der Waals surface area contributed by atoms with E-state index >= 15 is 0 Å². The number of thioether (sulfide) groups is 2. The summed E-state index contributed by atoms with van der Waals surface area (Å²) in [6.45, 7) is 7.43. The Balaban J connectivity index is 1.30. The minimum atomic E-state index is 0.782. The zero-order valence-electron chi connectivity index (χ0n) is 15.2. The van der Waals surface area contributed by atoms with Gasteiger partial charge in [-0.05, 0) is 31.5 Å². The van der Waals surface area contributed by atoms with Crippen LogP contribution >= 0.6 is 23.5 Å². The van der Waals surface area contributed by atoms with Crippen molar-refractivity contribution in [3.8, 4) is 0 Å². The molecule has 0 bridgehead atoms. The average Bonchev–Trinajstić information content (AvgIpc) is 2.99. The van der Waals surface area contributed by atoms with E-state index in [4.69, 9.17) is 0 Å². The van der Waals surface area contributed by atoms with Crippen molar-refractivity contribution in [2.75, 3.05) is 67.2 Å². The van der Waals surface area contributed by atoms with E-state index in [1.165, 1.54) is 80.8 Å². The molecule has 3 fully saturated rings. The van der Waals surface area contributed by atoms with Crippen LogP contribution in [0.5, 0.6) is 0 Å². The van der Waals surface area contributed by atoms with Gasteiger partial charge in [0.15, 0.2) is 0 Å². The Morgan fingerprint density at radius 3 is 2.20 bits per heavy atom. The number of hydrogen-bond acceptors (Lipinski definition) is 5. The lowest BCUT2D eigenvalue weighted by molar-refractivity contribution is 0.0783. The van der Waals surface area contributed by atoms with Gasteiger partial charge in [0, 0.05) is 73.5 Å². The summed E-state index contributed by atoms with van der Waals surface area (Å²) in [6, 6.07) is 12.5. The first kappa shape index (κ1) is 18.0. The van der Waals surface area contributed by atoms with Gasteiger partial charge in [0.2, 0.25) is 0 Å². The third-order valence-corrected chi connectivity index (χ3v) is 8.37. The van der Waals surface area contributed by atoms with Gasteiger partial charge in [-0.1, -0.05) is 18.2 Å². The Morgan fingerprint density at radius 2 is 1.48 bits per heavy atom. The summed E-state index contributed by atoms with van der Waals surface area (Å²) in [4.78, 5) is 8.15. The van der Waals surface area contributed by atoms with E-state index < -0.39 is 0 Å². The van der Waals surface area contributed by atoms with E-state index in [-0.39, 0.29) is 0 Å². The maximum atomic E-state index is 2.82. The van der Waals surface area contributed by atoms with Crippen LogP contribution in [-0.4, -0.2) is 84.2 Å². The summed E-state index contributed by atoms with van der Waals surface area (Å²) >= 11 is 4.34. The minimum absolute atomic E-state index is 0.782. The molecule has 3 heterocycles. The van der Waals surface area contributed by atoms with Gasteiger partial charge in [-0.2, -0.15) is 23.5 Å². The van der Waals surface area contributed by atoms with E-state index in [1.807, 2.05) is 0 Å². The van der Waals surface area contributed by atoms with E-state index in [2.05, 4.69) is 68.6 Å². The second-order valence-corrected chi connectivity index (χ2v) is 9.75. The normalized spacial score (nSPS) is 28.0. The van der Waals surface area contributed by atoms with Crippen LogP contribution in [0.25, 0.3) is 0 Å². The molecule has 0 N–H and O–H groups in total. The molecule has 0 amide bonds. The predicted octanol–water partition coefficient (Wildman–Crippen LogP) is 3.12. The molecule has 1 aromatic carbocycles. The molecule has 3 aliphatic heterocycles. The molecule has 5 heteroatoms. The molecule has 0 radical (unpaired) electrons. The van der Waals surface area contributed by atoms with Gasteiger partial charge in [-0.3, -0.25) is 9.80 Å². The Kier molecular flexibility index (Phi) is 6.51. The van der Waals surface area contributed by atoms with Gasteiger partial charge in [-0.25, -0.2) is 0 Å². The van der Waals surface area contributed by atoms with Crippen molar-refractivity contribution in [2.24, 2.45) is 0 Å². The molecule has 1 atom stereocenters. The van der Waals surface area contributed by atoms with Crippen LogP contribution in [0.15, 0.2) is 30.3 Å². The molecule has 0 spiro atoms. The predicted molar refractivity (Wildman–Crippen MR) is 113 cm³/mol. The number of para-hydroxylation sites is 1. The van der Waals surface area contributed by atoms with E-state index in [9.17, 15) is 0 Å². The van der Waals surface area contributed by atoms with Crippen LogP contribution in [0.3, 0.4) is 0 Å². The molecule has 25 heavy (non-hydrogen) atoms. The highest BCUT2D eigenvalue weighted by atomic mass is 32.2. The number of likely N-dealkylation sites (tertiary alicyclic amines) is 1. The van der Waals surface area contributed by atoms with Crippen molar-refractivity contribution in [1.29, 1.82) is 0 Å². The lowest BCUT2D eigenvalue weighted by Gasteiger charge is -2.45. The number of nitrogens with zero attached hydrogens (tertiary/aromatic N) is 3. The van der Waals surface area contributed by atoms with Crippen LogP contribution < -0.4 is 4.90 Å². The highest BCUT2D eigenvalue weighted by molar-refractivity contribution is 8.03. The van der Waals surface area contributed by atoms with E-state index in [1.54, 1.807) is 0 Å². The lowest BCUT2D eigenvalue weighted by Crippen LogP contribution is -2.57. The zero-order chi connectivity index (χ0) is 16.9. The van der Waals surface area contributed by atoms with Gasteiger partial charge in [0.05, 0.1) is 0 Å². The van der Waals surface area contributed by atoms with Crippen molar-refractivity contribution in [3.63, 3.8) is 0 Å². The third kappa shape index (κ3) is 4.68. The summed E-state index contributed by atoms with van der Waals surface area (Å²) < 4.78 is 0. The second-order valence-electron chi connectivity index (χ2n) is 7.45. The fourth-order valence-corrected chi connectivity index (χ4v) is 7.04. The van der Waals surface area contributed by atoms with Gasteiger partial charge >= 0.3 is 0 Å². The second kappa shape index (κ2) is 9.03. The van der Waals surface area contributed by atoms with Gasteiger partial charge in [0.25, 0.3) is 0 Å². The van der Waals surface area contributed by atoms with E-state index in [0.29, 0.717) is 0 Å². The first-order valence-electron chi connectivity index (χ1n) is 9.84. The summed E-state index contributed by atoms with van der Waals surface area (Å²) in [7, 11) is 0. The topological polar surface area (TPSA) is 9.72 Å². The number of anilines is 1.